The summed E-state index contributed by atoms with van der Waals surface area (Å²) in [5.74, 6) is -0.462. The van der Waals surface area contributed by atoms with Gasteiger partial charge in [0.05, 0.1) is 15.5 Å². The Hall–Kier alpha value is -3.58. The first-order chi connectivity index (χ1) is 13.5. The van der Waals surface area contributed by atoms with Crippen molar-refractivity contribution in [3.63, 3.8) is 0 Å². The number of nitrogens with one attached hydrogen (secondary N) is 1. The molecule has 2 N–H and O–H groups in total. The molecular weight excluding hydrogens is 376 g/mol. The zero-order valence-electron chi connectivity index (χ0n) is 14.5. The van der Waals surface area contributed by atoms with Gasteiger partial charge < -0.3 is 10.1 Å². The van der Waals surface area contributed by atoms with Gasteiger partial charge in [-0.2, -0.15) is 0 Å². The second-order valence-corrected chi connectivity index (χ2v) is 7.19. The number of aromatic amines is 1. The standard InChI is InChI=1S/C21H14N2O4S/c24-20-15-8-4-5-9-16(15)22-19(21(20)25)13-10-11-18(17(12-13)23(26)27)28-14-6-2-1-3-7-14/h1-12,25H,(H,22,24). The summed E-state index contributed by atoms with van der Waals surface area (Å²) in [5.41, 5.74) is 0.452. The Labute approximate surface area is 163 Å². The zero-order chi connectivity index (χ0) is 19.7. The molecule has 0 aliphatic carbocycles. The number of nitro groups is 1. The fraction of sp³-hybridized carbons (Fsp3) is 0. The summed E-state index contributed by atoms with van der Waals surface area (Å²) >= 11 is 1.28. The molecule has 138 valence electrons. The molecule has 0 unspecified atom stereocenters. The van der Waals surface area contributed by atoms with Crippen LogP contribution in [-0.4, -0.2) is 15.0 Å². The summed E-state index contributed by atoms with van der Waals surface area (Å²) in [4.78, 5) is 27.9. The molecule has 0 saturated carbocycles. The van der Waals surface area contributed by atoms with Crippen LogP contribution < -0.4 is 5.43 Å². The van der Waals surface area contributed by atoms with E-state index < -0.39 is 16.1 Å². The van der Waals surface area contributed by atoms with Gasteiger partial charge >= 0.3 is 0 Å². The van der Waals surface area contributed by atoms with Crippen molar-refractivity contribution in [3.05, 3.63) is 93.1 Å². The van der Waals surface area contributed by atoms with E-state index in [1.54, 1.807) is 36.4 Å². The minimum atomic E-state index is -0.519. The van der Waals surface area contributed by atoms with Gasteiger partial charge in [-0.1, -0.05) is 48.2 Å². The Balaban J connectivity index is 1.84. The number of fused-ring (bicyclic) bond motifs is 1. The molecule has 4 aromatic rings. The smallest absolute Gasteiger partial charge is 0.283 e. The van der Waals surface area contributed by atoms with Crippen LogP contribution in [-0.2, 0) is 0 Å². The van der Waals surface area contributed by atoms with Crippen molar-refractivity contribution in [1.29, 1.82) is 0 Å². The van der Waals surface area contributed by atoms with E-state index in [4.69, 9.17) is 0 Å². The molecule has 0 aliphatic heterocycles. The number of hydrogen-bond donors (Lipinski definition) is 2. The highest BCUT2D eigenvalue weighted by atomic mass is 32.2. The zero-order valence-corrected chi connectivity index (χ0v) is 15.3. The van der Waals surface area contributed by atoms with E-state index >= 15 is 0 Å². The maximum absolute atomic E-state index is 12.4. The Morgan fingerprint density at radius 2 is 1.68 bits per heavy atom. The normalized spacial score (nSPS) is 10.9. The number of nitrogens with zero attached hydrogens (tertiary/aromatic N) is 1. The lowest BCUT2D eigenvalue weighted by Gasteiger charge is -2.09. The van der Waals surface area contributed by atoms with Crippen molar-refractivity contribution in [2.24, 2.45) is 0 Å². The predicted molar refractivity (Wildman–Crippen MR) is 109 cm³/mol. The number of nitro benzene ring substituents is 1. The fourth-order valence-electron chi connectivity index (χ4n) is 2.95. The van der Waals surface area contributed by atoms with Crippen LogP contribution >= 0.6 is 11.8 Å². The van der Waals surface area contributed by atoms with Crippen LogP contribution in [0.2, 0.25) is 0 Å². The number of para-hydroxylation sites is 1. The second kappa shape index (κ2) is 7.21. The van der Waals surface area contributed by atoms with E-state index in [-0.39, 0.29) is 11.4 Å². The van der Waals surface area contributed by atoms with Gasteiger partial charge in [0.2, 0.25) is 5.43 Å². The quantitative estimate of drug-likeness (QED) is 0.379. The maximum Gasteiger partial charge on any atom is 0.283 e. The van der Waals surface area contributed by atoms with Crippen LogP contribution in [0, 0.1) is 10.1 Å². The summed E-state index contributed by atoms with van der Waals surface area (Å²) < 4.78 is 0. The van der Waals surface area contributed by atoms with Gasteiger partial charge in [-0.05, 0) is 30.3 Å². The largest absolute Gasteiger partial charge is 0.503 e. The van der Waals surface area contributed by atoms with Gasteiger partial charge in [-0.3, -0.25) is 14.9 Å². The van der Waals surface area contributed by atoms with E-state index in [0.717, 1.165) is 4.90 Å². The van der Waals surface area contributed by atoms with Crippen molar-refractivity contribution in [1.82, 2.24) is 4.98 Å². The van der Waals surface area contributed by atoms with E-state index in [0.29, 0.717) is 21.4 Å². The lowest BCUT2D eigenvalue weighted by atomic mass is 10.1. The van der Waals surface area contributed by atoms with Crippen LogP contribution in [0.5, 0.6) is 5.75 Å². The third kappa shape index (κ3) is 3.23. The summed E-state index contributed by atoms with van der Waals surface area (Å²) in [6, 6.07) is 20.8. The van der Waals surface area contributed by atoms with Crippen molar-refractivity contribution < 1.29 is 10.0 Å². The Morgan fingerprint density at radius 3 is 2.43 bits per heavy atom. The third-order valence-electron chi connectivity index (χ3n) is 4.30. The average Bonchev–Trinajstić information content (AvgIpc) is 2.72. The Bertz CT molecular complexity index is 1250. The monoisotopic (exact) mass is 390 g/mol. The molecule has 6 nitrogen and oxygen atoms in total. The Morgan fingerprint density at radius 1 is 0.964 bits per heavy atom. The number of aromatic nitrogens is 1. The van der Waals surface area contributed by atoms with E-state index in [9.17, 15) is 20.0 Å². The van der Waals surface area contributed by atoms with Gasteiger partial charge in [-0.15, -0.1) is 0 Å². The molecule has 3 aromatic carbocycles. The van der Waals surface area contributed by atoms with E-state index in [2.05, 4.69) is 4.98 Å². The molecule has 0 fully saturated rings. The minimum Gasteiger partial charge on any atom is -0.503 e. The topological polar surface area (TPSA) is 96.2 Å². The molecule has 0 radical (unpaired) electrons. The van der Waals surface area contributed by atoms with Crippen molar-refractivity contribution in [2.75, 3.05) is 0 Å². The molecule has 1 aromatic heterocycles. The molecule has 0 bridgehead atoms. The van der Waals surface area contributed by atoms with Gasteiger partial charge in [0.15, 0.2) is 5.75 Å². The first-order valence-corrected chi connectivity index (χ1v) is 9.22. The van der Waals surface area contributed by atoms with E-state index in [1.807, 2.05) is 30.3 Å². The fourth-order valence-corrected chi connectivity index (χ4v) is 3.87. The molecule has 0 spiro atoms. The van der Waals surface area contributed by atoms with Crippen LogP contribution in [0.25, 0.3) is 22.2 Å². The highest BCUT2D eigenvalue weighted by Gasteiger charge is 2.19. The molecule has 1 heterocycles. The lowest BCUT2D eigenvalue weighted by Crippen LogP contribution is -2.05. The second-order valence-electron chi connectivity index (χ2n) is 6.08. The third-order valence-corrected chi connectivity index (χ3v) is 5.37. The first kappa shape index (κ1) is 17.8. The predicted octanol–water partition coefficient (Wildman–Crippen LogP) is 4.96. The molecule has 4 rings (SSSR count). The number of benzene rings is 3. The van der Waals surface area contributed by atoms with Gasteiger partial charge in [0, 0.05) is 27.4 Å². The minimum absolute atomic E-state index is 0.0974. The number of pyridine rings is 1. The summed E-state index contributed by atoms with van der Waals surface area (Å²) in [7, 11) is 0. The van der Waals surface area contributed by atoms with Crippen molar-refractivity contribution in [2.45, 2.75) is 9.79 Å². The highest BCUT2D eigenvalue weighted by Crippen LogP contribution is 2.38. The summed E-state index contributed by atoms with van der Waals surface area (Å²) in [6.45, 7) is 0. The van der Waals surface area contributed by atoms with Crippen LogP contribution in [0.3, 0.4) is 0 Å². The number of rotatable bonds is 4. The molecule has 0 amide bonds. The van der Waals surface area contributed by atoms with Gasteiger partial charge in [0.25, 0.3) is 5.69 Å². The summed E-state index contributed by atoms with van der Waals surface area (Å²) in [6.07, 6.45) is 0. The number of hydrogen-bond acceptors (Lipinski definition) is 5. The lowest BCUT2D eigenvalue weighted by molar-refractivity contribution is -0.387. The van der Waals surface area contributed by atoms with Gasteiger partial charge in [-0.25, -0.2) is 0 Å². The molecular formula is C21H14N2O4S. The Kier molecular flexibility index (Phi) is 4.58. The van der Waals surface area contributed by atoms with Crippen molar-refractivity contribution in [3.8, 4) is 17.0 Å². The van der Waals surface area contributed by atoms with Crippen LogP contribution in [0.15, 0.2) is 87.4 Å². The number of H-pyrrole nitrogens is 1. The van der Waals surface area contributed by atoms with Gasteiger partial charge in [0.1, 0.15) is 0 Å². The average molecular weight is 390 g/mol. The highest BCUT2D eigenvalue weighted by molar-refractivity contribution is 7.99. The molecule has 0 saturated heterocycles. The SMILES string of the molecule is O=c1c(O)c(-c2ccc(Sc3ccccc3)c([N+](=O)[O-])c2)[nH]c2ccccc12. The number of aromatic hydroxyl groups is 1. The molecule has 0 aliphatic rings. The maximum atomic E-state index is 12.4. The molecule has 7 heteroatoms. The van der Waals surface area contributed by atoms with Crippen LogP contribution in [0.4, 0.5) is 5.69 Å². The van der Waals surface area contributed by atoms with Crippen molar-refractivity contribution >= 4 is 28.4 Å². The molecule has 0 atom stereocenters. The van der Waals surface area contributed by atoms with Crippen LogP contribution in [0.1, 0.15) is 0 Å². The summed E-state index contributed by atoms with van der Waals surface area (Å²) in [5, 5.41) is 22.3. The van der Waals surface area contributed by atoms with E-state index in [1.165, 1.54) is 17.8 Å². The molecule has 28 heavy (non-hydrogen) atoms. The first-order valence-electron chi connectivity index (χ1n) is 8.40.